The van der Waals surface area contributed by atoms with E-state index in [2.05, 4.69) is 10.1 Å². The number of hydrogen-bond donors (Lipinski definition) is 1. The van der Waals surface area contributed by atoms with Crippen LogP contribution in [-0.2, 0) is 25.5 Å². The monoisotopic (exact) mass is 414 g/mol. The van der Waals surface area contributed by atoms with Crippen LogP contribution in [0.1, 0.15) is 25.0 Å². The number of carboxylic acids is 1. The van der Waals surface area contributed by atoms with Crippen LogP contribution in [0.4, 0.5) is 0 Å². The van der Waals surface area contributed by atoms with E-state index in [-0.39, 0.29) is 5.92 Å². The summed E-state index contributed by atoms with van der Waals surface area (Å²) in [7, 11) is 0. The van der Waals surface area contributed by atoms with Crippen LogP contribution in [0.2, 0.25) is 0 Å². The van der Waals surface area contributed by atoms with E-state index in [0.717, 1.165) is 29.0 Å². The zero-order valence-corrected chi connectivity index (χ0v) is 17.1. The Labute approximate surface area is 175 Å². The van der Waals surface area contributed by atoms with E-state index in [4.69, 9.17) is 24.2 Å². The van der Waals surface area contributed by atoms with Gasteiger partial charge in [-0.25, -0.2) is 4.79 Å². The van der Waals surface area contributed by atoms with Gasteiger partial charge in [-0.2, -0.15) is 0 Å². The minimum Gasteiger partial charge on any atom is -0.490 e. The van der Waals surface area contributed by atoms with Crippen LogP contribution in [-0.4, -0.2) is 54.0 Å². The highest BCUT2D eigenvalue weighted by Gasteiger charge is 2.40. The third kappa shape index (κ3) is 6.01. The predicted molar refractivity (Wildman–Crippen MR) is 109 cm³/mol. The van der Waals surface area contributed by atoms with E-state index in [9.17, 15) is 4.79 Å². The number of oxime groups is 1. The second-order valence-electron chi connectivity index (χ2n) is 7.19. The summed E-state index contributed by atoms with van der Waals surface area (Å²) in [4.78, 5) is 20.5. The quantitative estimate of drug-likeness (QED) is 0.383. The highest BCUT2D eigenvalue weighted by atomic mass is 16.7. The molecule has 160 valence electrons. The standard InChI is InChI=1S/C22H26N2O6/c1-16(19-4-3-9-23-13-19)24-30-11-10-27-20-7-5-17(6-8-20)12-18-14-28-22(2,21(25)26)29-15-18/h3-9,13,18H,10-12,14-15H2,1-2H3,(H,25,26)/b24-16+. The molecule has 8 nitrogen and oxygen atoms in total. The van der Waals surface area contributed by atoms with Gasteiger partial charge in [0.2, 0.25) is 0 Å². The van der Waals surface area contributed by atoms with Crippen LogP contribution < -0.4 is 4.74 Å². The van der Waals surface area contributed by atoms with Gasteiger partial charge in [0.05, 0.1) is 18.9 Å². The van der Waals surface area contributed by atoms with Crippen molar-refractivity contribution < 1.29 is 28.9 Å². The molecule has 1 saturated heterocycles. The van der Waals surface area contributed by atoms with Crippen molar-refractivity contribution in [3.8, 4) is 5.75 Å². The Morgan fingerprint density at radius 2 is 1.97 bits per heavy atom. The number of benzene rings is 1. The Hall–Kier alpha value is -2.97. The Kier molecular flexibility index (Phi) is 7.37. The van der Waals surface area contributed by atoms with Crippen LogP contribution in [0.3, 0.4) is 0 Å². The smallest absolute Gasteiger partial charge is 0.364 e. The second kappa shape index (κ2) is 10.2. The maximum Gasteiger partial charge on any atom is 0.364 e. The lowest BCUT2D eigenvalue weighted by Crippen LogP contribution is -2.48. The minimum absolute atomic E-state index is 0.110. The van der Waals surface area contributed by atoms with Gasteiger partial charge in [0, 0.05) is 30.8 Å². The van der Waals surface area contributed by atoms with Gasteiger partial charge >= 0.3 is 5.97 Å². The van der Waals surface area contributed by atoms with Crippen molar-refractivity contribution in [3.05, 3.63) is 59.9 Å². The topological polar surface area (TPSA) is 99.5 Å². The van der Waals surface area contributed by atoms with Gasteiger partial charge in [-0.1, -0.05) is 17.3 Å². The molecule has 2 heterocycles. The van der Waals surface area contributed by atoms with Gasteiger partial charge in [0.15, 0.2) is 6.61 Å². The van der Waals surface area contributed by atoms with Gasteiger partial charge in [0.1, 0.15) is 12.4 Å². The predicted octanol–water partition coefficient (Wildman–Crippen LogP) is 2.91. The number of rotatable bonds is 9. The lowest BCUT2D eigenvalue weighted by molar-refractivity contribution is -0.270. The third-order valence-electron chi connectivity index (χ3n) is 4.75. The van der Waals surface area contributed by atoms with Gasteiger partial charge in [0.25, 0.3) is 5.79 Å². The van der Waals surface area contributed by atoms with E-state index in [1.807, 2.05) is 43.3 Å². The van der Waals surface area contributed by atoms with Crippen molar-refractivity contribution in [2.75, 3.05) is 26.4 Å². The number of pyridine rings is 1. The van der Waals surface area contributed by atoms with Crippen molar-refractivity contribution in [2.24, 2.45) is 11.1 Å². The molecule has 1 aromatic heterocycles. The summed E-state index contributed by atoms with van der Waals surface area (Å²) in [5, 5.41) is 13.2. The fourth-order valence-electron chi connectivity index (χ4n) is 2.91. The van der Waals surface area contributed by atoms with Crippen molar-refractivity contribution in [3.63, 3.8) is 0 Å². The number of carbonyl (C=O) groups is 1. The molecule has 0 saturated carbocycles. The van der Waals surface area contributed by atoms with Crippen molar-refractivity contribution >= 4 is 11.7 Å². The molecule has 3 rings (SSSR count). The molecule has 1 aliphatic heterocycles. The summed E-state index contributed by atoms with van der Waals surface area (Å²) in [6.45, 7) is 4.68. The molecule has 1 fully saturated rings. The molecule has 2 aromatic rings. The molecule has 1 aromatic carbocycles. The third-order valence-corrected chi connectivity index (χ3v) is 4.75. The largest absolute Gasteiger partial charge is 0.490 e. The van der Waals surface area contributed by atoms with E-state index in [1.165, 1.54) is 6.92 Å². The molecular weight excluding hydrogens is 388 g/mol. The van der Waals surface area contributed by atoms with Crippen LogP contribution in [0, 0.1) is 5.92 Å². The zero-order chi connectivity index (χ0) is 21.4. The minimum atomic E-state index is -1.54. The van der Waals surface area contributed by atoms with Gasteiger partial charge < -0.3 is 24.2 Å². The average Bonchev–Trinajstić information content (AvgIpc) is 2.76. The van der Waals surface area contributed by atoms with Crippen molar-refractivity contribution in [1.29, 1.82) is 0 Å². The lowest BCUT2D eigenvalue weighted by Gasteiger charge is -2.34. The molecule has 0 unspecified atom stereocenters. The van der Waals surface area contributed by atoms with Crippen LogP contribution in [0.25, 0.3) is 0 Å². The average molecular weight is 414 g/mol. The Bertz CT molecular complexity index is 846. The first-order chi connectivity index (χ1) is 14.5. The summed E-state index contributed by atoms with van der Waals surface area (Å²) in [6, 6.07) is 11.5. The van der Waals surface area contributed by atoms with E-state index in [1.54, 1.807) is 12.4 Å². The maximum atomic E-state index is 11.1. The summed E-state index contributed by atoms with van der Waals surface area (Å²) in [5.74, 6) is -1.80. The summed E-state index contributed by atoms with van der Waals surface area (Å²) >= 11 is 0. The number of hydrogen-bond acceptors (Lipinski definition) is 7. The highest BCUT2D eigenvalue weighted by molar-refractivity contribution is 5.97. The molecule has 1 N–H and O–H groups in total. The van der Waals surface area contributed by atoms with Crippen LogP contribution in [0.15, 0.2) is 53.9 Å². The molecule has 0 aliphatic carbocycles. The molecule has 0 atom stereocenters. The van der Waals surface area contributed by atoms with Gasteiger partial charge in [-0.05, 0) is 43.2 Å². The Morgan fingerprint density at radius 1 is 1.23 bits per heavy atom. The van der Waals surface area contributed by atoms with E-state index >= 15 is 0 Å². The molecule has 0 spiro atoms. The highest BCUT2D eigenvalue weighted by Crippen LogP contribution is 2.24. The van der Waals surface area contributed by atoms with Crippen molar-refractivity contribution in [1.82, 2.24) is 4.98 Å². The zero-order valence-electron chi connectivity index (χ0n) is 17.1. The molecular formula is C22H26N2O6. The molecule has 0 radical (unpaired) electrons. The fraction of sp³-hybridized carbons (Fsp3) is 0.409. The second-order valence-corrected chi connectivity index (χ2v) is 7.19. The first-order valence-corrected chi connectivity index (χ1v) is 9.76. The number of carboxylic acid groups (broad SMARTS) is 1. The number of nitrogens with zero attached hydrogens (tertiary/aromatic N) is 2. The normalized spacial score (nSPS) is 21.8. The summed E-state index contributed by atoms with van der Waals surface area (Å²) < 4.78 is 16.4. The Balaban J connectivity index is 1.37. The number of aromatic nitrogens is 1. The molecule has 1 aliphatic rings. The first kappa shape index (κ1) is 21.7. The Morgan fingerprint density at radius 3 is 2.60 bits per heavy atom. The fourth-order valence-corrected chi connectivity index (χ4v) is 2.91. The van der Waals surface area contributed by atoms with E-state index in [0.29, 0.717) is 26.4 Å². The van der Waals surface area contributed by atoms with Gasteiger partial charge in [-0.15, -0.1) is 0 Å². The SMILES string of the molecule is C/C(=N\OCCOc1ccc(CC2COC(C)(C(=O)O)OC2)cc1)c1cccnc1. The maximum absolute atomic E-state index is 11.1. The lowest BCUT2D eigenvalue weighted by atomic mass is 9.99. The van der Waals surface area contributed by atoms with Crippen LogP contribution >= 0.6 is 0 Å². The van der Waals surface area contributed by atoms with Crippen molar-refractivity contribution in [2.45, 2.75) is 26.1 Å². The van der Waals surface area contributed by atoms with E-state index < -0.39 is 11.8 Å². The number of ether oxygens (including phenoxy) is 3. The molecule has 0 amide bonds. The first-order valence-electron chi connectivity index (χ1n) is 9.76. The van der Waals surface area contributed by atoms with Crippen LogP contribution in [0.5, 0.6) is 5.75 Å². The number of aliphatic carboxylic acids is 1. The molecule has 30 heavy (non-hydrogen) atoms. The van der Waals surface area contributed by atoms with Gasteiger partial charge in [-0.3, -0.25) is 4.98 Å². The summed E-state index contributed by atoms with van der Waals surface area (Å²) in [6.07, 6.45) is 4.18. The molecule has 0 bridgehead atoms. The molecule has 8 heteroatoms. The summed E-state index contributed by atoms with van der Waals surface area (Å²) in [5.41, 5.74) is 2.77.